The van der Waals surface area contributed by atoms with E-state index >= 15 is 0 Å². The Hall–Kier alpha value is -5.86. The molecule has 1 heterocycles. The summed E-state index contributed by atoms with van der Waals surface area (Å²) in [4.78, 5) is 2.43. The summed E-state index contributed by atoms with van der Waals surface area (Å²) in [7, 11) is 0. The summed E-state index contributed by atoms with van der Waals surface area (Å²) in [6, 6.07) is 59.9. The van der Waals surface area contributed by atoms with Gasteiger partial charge in [-0.3, -0.25) is 0 Å². The first-order valence-corrected chi connectivity index (χ1v) is 16.8. The number of benzene rings is 7. The van der Waals surface area contributed by atoms with Crippen molar-refractivity contribution < 1.29 is 0 Å². The van der Waals surface area contributed by atoms with Crippen LogP contribution in [0.25, 0.3) is 49.7 Å². The number of aryl methyl sites for hydroxylation is 1. The Labute approximate surface area is 282 Å². The Bertz CT molecular complexity index is 2460. The van der Waals surface area contributed by atoms with Crippen LogP contribution in [0.15, 0.2) is 164 Å². The van der Waals surface area contributed by atoms with Crippen LogP contribution in [0.4, 0.5) is 17.1 Å². The van der Waals surface area contributed by atoms with Gasteiger partial charge in [-0.1, -0.05) is 129 Å². The Morgan fingerprint density at radius 1 is 0.500 bits per heavy atom. The van der Waals surface area contributed by atoms with E-state index in [-0.39, 0.29) is 5.41 Å². The topological polar surface area (TPSA) is 8.17 Å². The highest BCUT2D eigenvalue weighted by atomic mass is 15.1. The van der Waals surface area contributed by atoms with E-state index in [4.69, 9.17) is 0 Å². The third-order valence-electron chi connectivity index (χ3n) is 10.3. The zero-order valence-corrected chi connectivity index (χ0v) is 27.5. The van der Waals surface area contributed by atoms with E-state index in [1.165, 1.54) is 72.1 Å². The fourth-order valence-corrected chi connectivity index (χ4v) is 7.95. The Morgan fingerprint density at radius 2 is 1.10 bits per heavy atom. The average molecular weight is 617 g/mol. The van der Waals surface area contributed by atoms with E-state index in [1.54, 1.807) is 0 Å². The van der Waals surface area contributed by atoms with Crippen LogP contribution in [0.3, 0.4) is 0 Å². The van der Waals surface area contributed by atoms with Gasteiger partial charge in [0.25, 0.3) is 0 Å². The second-order valence-corrected chi connectivity index (χ2v) is 13.5. The number of hydrogen-bond donors (Lipinski definition) is 0. The molecular weight excluding hydrogens is 581 g/mol. The largest absolute Gasteiger partial charge is 0.310 e. The summed E-state index contributed by atoms with van der Waals surface area (Å²) in [5, 5.41) is 2.54. The van der Waals surface area contributed by atoms with Crippen LogP contribution in [0.5, 0.6) is 0 Å². The second-order valence-electron chi connectivity index (χ2n) is 13.5. The molecule has 9 rings (SSSR count). The zero-order chi connectivity index (χ0) is 32.4. The molecule has 0 saturated heterocycles. The van der Waals surface area contributed by atoms with Gasteiger partial charge in [0.2, 0.25) is 0 Å². The van der Waals surface area contributed by atoms with Crippen LogP contribution in [0.2, 0.25) is 0 Å². The summed E-state index contributed by atoms with van der Waals surface area (Å²) in [6.45, 7) is 6.85. The molecule has 2 heteroatoms. The molecular formula is C46H36N2. The maximum absolute atomic E-state index is 2.43. The van der Waals surface area contributed by atoms with Gasteiger partial charge in [0.15, 0.2) is 0 Å². The van der Waals surface area contributed by atoms with E-state index in [0.29, 0.717) is 0 Å². The van der Waals surface area contributed by atoms with Crippen molar-refractivity contribution in [3.8, 4) is 27.9 Å². The number of anilines is 3. The van der Waals surface area contributed by atoms with Crippen molar-refractivity contribution in [1.29, 1.82) is 0 Å². The quantitative estimate of drug-likeness (QED) is 0.187. The molecule has 0 fully saturated rings. The lowest BCUT2D eigenvalue weighted by Crippen LogP contribution is -2.16. The molecule has 48 heavy (non-hydrogen) atoms. The van der Waals surface area contributed by atoms with E-state index in [0.717, 1.165) is 11.4 Å². The van der Waals surface area contributed by atoms with Crippen LogP contribution in [-0.2, 0) is 5.41 Å². The maximum Gasteiger partial charge on any atom is 0.0547 e. The number of para-hydroxylation sites is 2. The normalized spacial score (nSPS) is 13.1. The SMILES string of the molecule is Cc1ccc(N(c2ccc(-c3cccc4c3c3ccccc3n4-c3ccccc3)cc2)c2cccc3c2-c2ccccc2C3(C)C)cc1. The highest BCUT2D eigenvalue weighted by Gasteiger charge is 2.37. The third kappa shape index (κ3) is 4.26. The van der Waals surface area contributed by atoms with Gasteiger partial charge in [-0.25, -0.2) is 0 Å². The lowest BCUT2D eigenvalue weighted by Gasteiger charge is -2.29. The molecule has 0 atom stereocenters. The Morgan fingerprint density at radius 3 is 1.90 bits per heavy atom. The summed E-state index contributed by atoms with van der Waals surface area (Å²) in [5.41, 5.74) is 16.1. The van der Waals surface area contributed by atoms with Crippen LogP contribution >= 0.6 is 0 Å². The van der Waals surface area contributed by atoms with Crippen LogP contribution in [0, 0.1) is 6.92 Å². The summed E-state index contributed by atoms with van der Waals surface area (Å²) < 4.78 is 2.39. The minimum atomic E-state index is -0.0671. The molecule has 0 unspecified atom stereocenters. The van der Waals surface area contributed by atoms with E-state index < -0.39 is 0 Å². The fourth-order valence-electron chi connectivity index (χ4n) is 7.95. The first kappa shape index (κ1) is 28.4. The predicted molar refractivity (Wildman–Crippen MR) is 203 cm³/mol. The van der Waals surface area contributed by atoms with E-state index in [1.807, 2.05) is 0 Å². The van der Waals surface area contributed by atoms with Crippen LogP contribution in [-0.4, -0.2) is 4.57 Å². The van der Waals surface area contributed by atoms with Crippen molar-refractivity contribution in [2.75, 3.05) is 4.90 Å². The molecule has 1 aliphatic carbocycles. The molecule has 1 aliphatic rings. The maximum atomic E-state index is 2.43. The molecule has 0 amide bonds. The number of aromatic nitrogens is 1. The molecule has 0 bridgehead atoms. The zero-order valence-electron chi connectivity index (χ0n) is 27.5. The molecule has 2 nitrogen and oxygen atoms in total. The highest BCUT2D eigenvalue weighted by Crippen LogP contribution is 2.54. The smallest absolute Gasteiger partial charge is 0.0547 e. The van der Waals surface area contributed by atoms with Gasteiger partial charge in [0, 0.05) is 38.8 Å². The van der Waals surface area contributed by atoms with Crippen molar-refractivity contribution in [3.05, 3.63) is 180 Å². The highest BCUT2D eigenvalue weighted by molar-refractivity contribution is 6.15. The van der Waals surface area contributed by atoms with Crippen LogP contribution in [0.1, 0.15) is 30.5 Å². The lowest BCUT2D eigenvalue weighted by molar-refractivity contribution is 0.660. The molecule has 0 N–H and O–H groups in total. The monoisotopic (exact) mass is 616 g/mol. The van der Waals surface area contributed by atoms with Gasteiger partial charge in [-0.2, -0.15) is 0 Å². The van der Waals surface area contributed by atoms with Gasteiger partial charge >= 0.3 is 0 Å². The lowest BCUT2D eigenvalue weighted by atomic mass is 9.82. The average Bonchev–Trinajstić information content (AvgIpc) is 3.59. The van der Waals surface area contributed by atoms with Crippen molar-refractivity contribution >= 4 is 38.9 Å². The van der Waals surface area contributed by atoms with E-state index in [2.05, 4.69) is 194 Å². The van der Waals surface area contributed by atoms with Crippen molar-refractivity contribution in [2.24, 2.45) is 0 Å². The number of hydrogen-bond acceptors (Lipinski definition) is 1. The minimum absolute atomic E-state index is 0.0671. The Balaban J connectivity index is 1.22. The minimum Gasteiger partial charge on any atom is -0.310 e. The van der Waals surface area contributed by atoms with E-state index in [9.17, 15) is 0 Å². The molecule has 0 spiro atoms. The molecule has 0 radical (unpaired) electrons. The van der Waals surface area contributed by atoms with Gasteiger partial charge in [0.05, 0.1) is 16.7 Å². The van der Waals surface area contributed by atoms with Gasteiger partial charge in [-0.05, 0) is 89.3 Å². The van der Waals surface area contributed by atoms with Crippen molar-refractivity contribution in [1.82, 2.24) is 4.57 Å². The molecule has 7 aromatic carbocycles. The predicted octanol–water partition coefficient (Wildman–Crippen LogP) is 12.5. The van der Waals surface area contributed by atoms with Crippen molar-refractivity contribution in [3.63, 3.8) is 0 Å². The summed E-state index contributed by atoms with van der Waals surface area (Å²) in [6.07, 6.45) is 0. The van der Waals surface area contributed by atoms with Gasteiger partial charge in [0.1, 0.15) is 0 Å². The number of nitrogens with zero attached hydrogens (tertiary/aromatic N) is 2. The standard InChI is InChI=1S/C46H36N2/c1-31-23-27-34(28-24-31)47(43-22-12-19-40-45(43)37-15-7-9-18-39(37)46(40,2)3)35-29-25-32(26-30-35)36-17-11-21-42-44(36)38-16-8-10-20-41(38)48(42)33-13-5-4-6-14-33/h4-30H,1-3H3. The second kappa shape index (κ2) is 10.9. The van der Waals surface area contributed by atoms with Gasteiger partial charge in [-0.15, -0.1) is 0 Å². The number of fused-ring (bicyclic) bond motifs is 6. The third-order valence-corrected chi connectivity index (χ3v) is 10.3. The molecule has 0 aliphatic heterocycles. The fraction of sp³-hybridized carbons (Fsp3) is 0.0870. The molecule has 230 valence electrons. The molecule has 0 saturated carbocycles. The van der Waals surface area contributed by atoms with Crippen LogP contribution < -0.4 is 4.90 Å². The van der Waals surface area contributed by atoms with Gasteiger partial charge < -0.3 is 9.47 Å². The summed E-state index contributed by atoms with van der Waals surface area (Å²) in [5.74, 6) is 0. The molecule has 1 aromatic heterocycles. The molecule has 8 aromatic rings. The number of rotatable bonds is 5. The first-order valence-electron chi connectivity index (χ1n) is 16.8. The first-order chi connectivity index (χ1) is 23.5. The summed E-state index contributed by atoms with van der Waals surface area (Å²) >= 11 is 0. The Kier molecular flexibility index (Phi) is 6.42. The van der Waals surface area contributed by atoms with Crippen molar-refractivity contribution in [2.45, 2.75) is 26.2 Å².